The highest BCUT2D eigenvalue weighted by Gasteiger charge is 2.32. The summed E-state index contributed by atoms with van der Waals surface area (Å²) in [5, 5.41) is 27.0. The molecule has 2 heterocycles. The molecule has 2 aromatic heterocycles. The number of aromatic nitrogens is 4. The molecule has 1 saturated carbocycles. The predicted molar refractivity (Wildman–Crippen MR) is 154 cm³/mol. The lowest BCUT2D eigenvalue weighted by atomic mass is 10.0. The number of methoxy groups -OCH3 is 2. The third-order valence-electron chi connectivity index (χ3n) is 6.97. The summed E-state index contributed by atoms with van der Waals surface area (Å²) >= 11 is 3.05. The Morgan fingerprint density at radius 3 is 2.15 bits per heavy atom. The number of nitrogens with one attached hydrogen (secondary N) is 2. The lowest BCUT2D eigenvalue weighted by molar-refractivity contribution is -0.115. The second-order valence-electron chi connectivity index (χ2n) is 9.74. The van der Waals surface area contributed by atoms with E-state index >= 15 is 0 Å². The van der Waals surface area contributed by atoms with Crippen molar-refractivity contribution in [3.05, 3.63) is 75.6 Å². The first-order valence-corrected chi connectivity index (χ1v) is 14.6. The lowest BCUT2D eigenvalue weighted by Crippen LogP contribution is -2.13. The number of hydrogen-bond donors (Lipinski definition) is 2. The molecule has 0 spiro atoms. The molecule has 0 saturated heterocycles. The van der Waals surface area contributed by atoms with Gasteiger partial charge in [-0.25, -0.2) is 0 Å². The Balaban J connectivity index is 1.10. The number of hydrogen-bond acceptors (Lipinski definition) is 10. The van der Waals surface area contributed by atoms with Crippen LogP contribution in [0.25, 0.3) is 0 Å². The molecule has 0 bridgehead atoms. The van der Waals surface area contributed by atoms with E-state index in [1.807, 2.05) is 36.4 Å². The maximum atomic E-state index is 12.5. The molecule has 1 aromatic carbocycles. The molecule has 0 aliphatic heterocycles. The van der Waals surface area contributed by atoms with Crippen molar-refractivity contribution in [1.29, 1.82) is 0 Å². The molecule has 2 aliphatic carbocycles. The van der Waals surface area contributed by atoms with E-state index in [0.717, 1.165) is 75.6 Å². The van der Waals surface area contributed by atoms with Gasteiger partial charge in [-0.15, -0.1) is 20.4 Å². The zero-order valence-corrected chi connectivity index (χ0v) is 23.7. The maximum absolute atomic E-state index is 12.5. The summed E-state index contributed by atoms with van der Waals surface area (Å²) in [6.45, 7) is 4.15. The average Bonchev–Trinajstić information content (AvgIpc) is 3.71. The zero-order chi connectivity index (χ0) is 27.2. The number of allylic oxidation sites excluding steroid dienone is 4. The second-order valence-corrected chi connectivity index (χ2v) is 11.8. The van der Waals surface area contributed by atoms with Crippen molar-refractivity contribution in [3.63, 3.8) is 0 Å². The van der Waals surface area contributed by atoms with Gasteiger partial charge in [-0.2, -0.15) is 0 Å². The molecule has 2 N–H and O–H groups in total. The van der Waals surface area contributed by atoms with E-state index in [1.165, 1.54) is 11.3 Å². The van der Waals surface area contributed by atoms with Crippen LogP contribution < -0.4 is 15.4 Å². The summed E-state index contributed by atoms with van der Waals surface area (Å²) in [6, 6.07) is 7.96. The fourth-order valence-electron chi connectivity index (χ4n) is 4.86. The van der Waals surface area contributed by atoms with Crippen molar-refractivity contribution >= 4 is 38.8 Å². The smallest absolute Gasteiger partial charge is 0.230 e. The highest BCUT2D eigenvalue weighted by molar-refractivity contribution is 7.15. The first-order chi connectivity index (χ1) is 19.0. The molecule has 3 aromatic rings. The number of carbonyl (C=O) groups excluding carboxylic acids is 1. The van der Waals surface area contributed by atoms with Crippen molar-refractivity contribution < 1.29 is 14.3 Å². The molecule has 1 fully saturated rings. The van der Waals surface area contributed by atoms with Gasteiger partial charge in [0.25, 0.3) is 0 Å². The highest BCUT2D eigenvalue weighted by Crippen LogP contribution is 2.45. The van der Waals surface area contributed by atoms with Gasteiger partial charge in [-0.3, -0.25) is 4.79 Å². The molecule has 1 amide bonds. The summed E-state index contributed by atoms with van der Waals surface area (Å²) in [5.74, 6) is 2.36. The molecule has 9 nitrogen and oxygen atoms in total. The summed E-state index contributed by atoms with van der Waals surface area (Å²) in [4.78, 5) is 12.5. The Morgan fingerprint density at radius 1 is 0.897 bits per heavy atom. The topological polar surface area (TPSA) is 111 Å². The quantitative estimate of drug-likeness (QED) is 0.283. The van der Waals surface area contributed by atoms with Gasteiger partial charge in [-0.05, 0) is 49.5 Å². The van der Waals surface area contributed by atoms with Crippen LogP contribution in [0.15, 0.2) is 60.0 Å². The standard InChI is InChI=1S/C28H32N6O3S2/c1-17(14-18-4-10-22(36-2)11-5-18)29-27-33-31-25(38-27)20-8-9-21(16-20)26-32-34-28(39-26)30-24(35)15-19-6-12-23(37-3)13-7-19/h4-6,10-12,20-21H,1,7-9,13-16H2,2-3H3,(H,29,33)(H,30,34,35). The minimum Gasteiger partial charge on any atom is -0.501 e. The van der Waals surface area contributed by atoms with Gasteiger partial charge >= 0.3 is 0 Å². The van der Waals surface area contributed by atoms with Crippen LogP contribution >= 0.6 is 22.7 Å². The van der Waals surface area contributed by atoms with Crippen LogP contribution in [0.2, 0.25) is 0 Å². The van der Waals surface area contributed by atoms with E-state index in [1.54, 1.807) is 25.6 Å². The SMILES string of the molecule is C=C(Cc1ccc(OC)cc1)Nc1nnc(C2CCC(c3nnc(NC(=O)CC4=CC=C(OC)CC4)s3)C2)s1. The van der Waals surface area contributed by atoms with E-state index in [-0.39, 0.29) is 5.91 Å². The lowest BCUT2D eigenvalue weighted by Gasteiger charge is -2.13. The van der Waals surface area contributed by atoms with Crippen LogP contribution in [0.1, 0.15) is 65.9 Å². The molecule has 2 aliphatic rings. The van der Waals surface area contributed by atoms with Gasteiger partial charge in [0.15, 0.2) is 0 Å². The van der Waals surface area contributed by atoms with Gasteiger partial charge in [0.2, 0.25) is 16.2 Å². The van der Waals surface area contributed by atoms with E-state index in [4.69, 9.17) is 9.47 Å². The van der Waals surface area contributed by atoms with Gasteiger partial charge in [0.05, 0.1) is 20.0 Å². The Bertz CT molecular complexity index is 1380. The summed E-state index contributed by atoms with van der Waals surface area (Å²) in [5.41, 5.74) is 3.10. The van der Waals surface area contributed by atoms with Crippen LogP contribution in [-0.4, -0.2) is 40.5 Å². The normalized spacial score (nSPS) is 18.7. The van der Waals surface area contributed by atoms with Crippen LogP contribution in [0.3, 0.4) is 0 Å². The fourth-order valence-corrected chi connectivity index (χ4v) is 6.71. The van der Waals surface area contributed by atoms with Crippen molar-refractivity contribution in [2.24, 2.45) is 0 Å². The summed E-state index contributed by atoms with van der Waals surface area (Å²) in [6.07, 6.45) is 9.60. The minimum absolute atomic E-state index is 0.0648. The van der Waals surface area contributed by atoms with Crippen LogP contribution in [-0.2, 0) is 16.0 Å². The van der Waals surface area contributed by atoms with Gasteiger partial charge in [0, 0.05) is 36.8 Å². The van der Waals surface area contributed by atoms with Gasteiger partial charge < -0.3 is 20.1 Å². The van der Waals surface area contributed by atoms with Crippen LogP contribution in [0.5, 0.6) is 5.75 Å². The number of ether oxygens (including phenoxy) is 2. The zero-order valence-electron chi connectivity index (χ0n) is 22.1. The average molecular weight is 565 g/mol. The molecule has 11 heteroatoms. The fraction of sp³-hybridized carbons (Fsp3) is 0.393. The van der Waals surface area contributed by atoms with Gasteiger partial charge in [0.1, 0.15) is 15.8 Å². The van der Waals surface area contributed by atoms with Crippen LogP contribution in [0, 0.1) is 0 Å². The monoisotopic (exact) mass is 564 g/mol. The number of anilines is 2. The first kappa shape index (κ1) is 27.0. The molecule has 5 rings (SSSR count). The minimum atomic E-state index is -0.0648. The Morgan fingerprint density at radius 2 is 1.56 bits per heavy atom. The molecular weight excluding hydrogens is 532 g/mol. The predicted octanol–water partition coefficient (Wildman–Crippen LogP) is 6.20. The molecule has 0 radical (unpaired) electrons. The maximum Gasteiger partial charge on any atom is 0.230 e. The Kier molecular flexibility index (Phi) is 8.67. The number of nitrogens with zero attached hydrogens (tertiary/aromatic N) is 4. The van der Waals surface area contributed by atoms with Crippen LogP contribution in [0.4, 0.5) is 10.3 Å². The third kappa shape index (κ3) is 7.10. The number of amides is 1. The van der Waals surface area contributed by atoms with E-state index in [0.29, 0.717) is 29.8 Å². The number of benzene rings is 1. The first-order valence-electron chi connectivity index (χ1n) is 13.0. The molecule has 39 heavy (non-hydrogen) atoms. The number of carbonyl (C=O) groups is 1. The summed E-state index contributed by atoms with van der Waals surface area (Å²) < 4.78 is 10.5. The highest BCUT2D eigenvalue weighted by atomic mass is 32.1. The molecule has 2 atom stereocenters. The Hall–Kier alpha value is -3.57. The third-order valence-corrected chi connectivity index (χ3v) is 8.97. The van der Waals surface area contributed by atoms with Gasteiger partial charge in [-0.1, -0.05) is 53.0 Å². The van der Waals surface area contributed by atoms with Crippen molar-refractivity contribution in [2.75, 3.05) is 24.9 Å². The molecule has 2 unspecified atom stereocenters. The van der Waals surface area contributed by atoms with Crippen molar-refractivity contribution in [2.45, 2.75) is 56.8 Å². The van der Waals surface area contributed by atoms with E-state index in [9.17, 15) is 4.79 Å². The van der Waals surface area contributed by atoms with Crippen molar-refractivity contribution in [3.8, 4) is 5.75 Å². The summed E-state index contributed by atoms with van der Waals surface area (Å²) in [7, 11) is 3.33. The largest absolute Gasteiger partial charge is 0.501 e. The molecule has 204 valence electrons. The number of rotatable bonds is 11. The molecular formula is C28H32N6O3S2. The second kappa shape index (κ2) is 12.5. The van der Waals surface area contributed by atoms with E-state index < -0.39 is 0 Å². The van der Waals surface area contributed by atoms with E-state index in [2.05, 4.69) is 37.6 Å². The van der Waals surface area contributed by atoms with Crippen molar-refractivity contribution in [1.82, 2.24) is 20.4 Å². The Labute approximate surface area is 236 Å².